The third kappa shape index (κ3) is 2.81. The van der Waals surface area contributed by atoms with E-state index in [4.69, 9.17) is 5.11 Å². The molecule has 0 aromatic carbocycles. The molecule has 0 bridgehead atoms. The Morgan fingerprint density at radius 3 is 2.55 bits per heavy atom. The number of carboxylic acids is 1. The van der Waals surface area contributed by atoms with Crippen molar-refractivity contribution >= 4 is 45.6 Å². The molecule has 0 fully saturated rings. The first kappa shape index (κ1) is 10.9. The molecule has 1 aromatic heterocycles. The van der Waals surface area contributed by atoms with E-state index in [1.165, 1.54) is 11.3 Å². The van der Waals surface area contributed by atoms with Crippen LogP contribution >= 0.6 is 39.7 Å². The van der Waals surface area contributed by atoms with Crippen molar-refractivity contribution in [3.05, 3.63) is 21.9 Å². The molecule has 1 heterocycles. The summed E-state index contributed by atoms with van der Waals surface area (Å²) in [5.41, 5.74) is 0. The van der Waals surface area contributed by atoms with Gasteiger partial charge in [-0.05, 0) is 12.1 Å². The molecule has 62 valence electrons. The number of alkyl halides is 1. The third-order valence-electron chi connectivity index (χ3n) is 1.00. The molecule has 1 aromatic rings. The Kier molecular flexibility index (Phi) is 4.72. The second kappa shape index (κ2) is 4.74. The molecule has 2 nitrogen and oxygen atoms in total. The lowest BCUT2D eigenvalue weighted by atomic mass is 10.4. The molecule has 11 heavy (non-hydrogen) atoms. The Balaban J connectivity index is 0.000001000. The van der Waals surface area contributed by atoms with E-state index in [1.54, 1.807) is 6.07 Å². The van der Waals surface area contributed by atoms with Crippen LogP contribution < -0.4 is 0 Å². The molecule has 0 aliphatic heterocycles. The van der Waals surface area contributed by atoms with Crippen molar-refractivity contribution in [2.24, 2.45) is 0 Å². The first-order chi connectivity index (χ1) is 4.74. The van der Waals surface area contributed by atoms with Gasteiger partial charge in [0.2, 0.25) is 0 Å². The Morgan fingerprint density at radius 2 is 2.27 bits per heavy atom. The summed E-state index contributed by atoms with van der Waals surface area (Å²) < 4.78 is 0. The van der Waals surface area contributed by atoms with Crippen LogP contribution in [0.4, 0.5) is 0 Å². The van der Waals surface area contributed by atoms with Crippen molar-refractivity contribution < 1.29 is 9.90 Å². The highest BCUT2D eigenvalue weighted by Gasteiger charge is 2.04. The van der Waals surface area contributed by atoms with Gasteiger partial charge in [0, 0.05) is 10.2 Å². The predicted molar refractivity (Wildman–Crippen MR) is 51.2 cm³/mol. The minimum absolute atomic E-state index is 0. The fraction of sp³-hybridized carbons (Fsp3) is 0.167. The van der Waals surface area contributed by atoms with Gasteiger partial charge >= 0.3 is 5.97 Å². The maximum atomic E-state index is 10.3. The van der Waals surface area contributed by atoms with Crippen molar-refractivity contribution in [1.82, 2.24) is 0 Å². The van der Waals surface area contributed by atoms with Crippen LogP contribution in [0, 0.1) is 0 Å². The lowest BCUT2D eigenvalue weighted by molar-refractivity contribution is 0.0702. The normalized spacial score (nSPS) is 8.82. The SMILES string of the molecule is Cl.O=C(O)c1ccc(CBr)s1. The molecule has 0 unspecified atom stereocenters. The molecule has 0 spiro atoms. The summed E-state index contributed by atoms with van der Waals surface area (Å²) >= 11 is 4.53. The number of rotatable bonds is 2. The van der Waals surface area contributed by atoms with E-state index < -0.39 is 5.97 Å². The quantitative estimate of drug-likeness (QED) is 0.827. The molecule has 0 atom stereocenters. The van der Waals surface area contributed by atoms with Crippen molar-refractivity contribution in [2.75, 3.05) is 0 Å². The van der Waals surface area contributed by atoms with Crippen molar-refractivity contribution in [1.29, 1.82) is 0 Å². The molecule has 5 heteroatoms. The highest BCUT2D eigenvalue weighted by molar-refractivity contribution is 9.08. The number of aromatic carboxylic acids is 1. The summed E-state index contributed by atoms with van der Waals surface area (Å²) in [6.45, 7) is 0. The first-order valence-electron chi connectivity index (χ1n) is 2.62. The highest BCUT2D eigenvalue weighted by atomic mass is 79.9. The van der Waals surface area contributed by atoms with Gasteiger partial charge in [0.15, 0.2) is 0 Å². The van der Waals surface area contributed by atoms with Gasteiger partial charge in [-0.1, -0.05) is 15.9 Å². The van der Waals surface area contributed by atoms with Crippen molar-refractivity contribution in [2.45, 2.75) is 5.33 Å². The lowest BCUT2D eigenvalue weighted by Gasteiger charge is -1.82. The van der Waals surface area contributed by atoms with E-state index in [0.717, 1.165) is 10.2 Å². The summed E-state index contributed by atoms with van der Waals surface area (Å²) in [4.78, 5) is 11.8. The molecule has 0 radical (unpaired) electrons. The number of carbonyl (C=O) groups is 1. The van der Waals surface area contributed by atoms with Gasteiger partial charge < -0.3 is 5.11 Å². The Bertz CT molecular complexity index is 248. The second-order valence-electron chi connectivity index (χ2n) is 1.70. The average Bonchev–Trinajstić information content (AvgIpc) is 2.34. The van der Waals surface area contributed by atoms with E-state index in [2.05, 4.69) is 15.9 Å². The van der Waals surface area contributed by atoms with Crippen LogP contribution in [0.5, 0.6) is 0 Å². The van der Waals surface area contributed by atoms with Crippen LogP contribution in [0.2, 0.25) is 0 Å². The van der Waals surface area contributed by atoms with Crippen LogP contribution in [-0.2, 0) is 5.33 Å². The number of hydrogen-bond acceptors (Lipinski definition) is 2. The van der Waals surface area contributed by atoms with Gasteiger partial charge in [-0.3, -0.25) is 0 Å². The summed E-state index contributed by atoms with van der Waals surface area (Å²) in [6, 6.07) is 3.42. The van der Waals surface area contributed by atoms with Crippen LogP contribution in [0.3, 0.4) is 0 Å². The van der Waals surface area contributed by atoms with Gasteiger partial charge in [0.05, 0.1) is 0 Å². The topological polar surface area (TPSA) is 37.3 Å². The monoisotopic (exact) mass is 256 g/mol. The molecule has 1 N–H and O–H groups in total. The van der Waals surface area contributed by atoms with E-state index in [-0.39, 0.29) is 12.4 Å². The lowest BCUT2D eigenvalue weighted by Crippen LogP contribution is -1.89. The van der Waals surface area contributed by atoms with Gasteiger partial charge in [0.1, 0.15) is 4.88 Å². The molecular weight excluding hydrogens is 251 g/mol. The minimum Gasteiger partial charge on any atom is -0.477 e. The molecule has 0 saturated heterocycles. The maximum absolute atomic E-state index is 10.3. The molecule has 1 rings (SSSR count). The largest absolute Gasteiger partial charge is 0.477 e. The maximum Gasteiger partial charge on any atom is 0.345 e. The summed E-state index contributed by atoms with van der Waals surface area (Å²) in [5, 5.41) is 9.22. The zero-order valence-electron chi connectivity index (χ0n) is 5.41. The van der Waals surface area contributed by atoms with Gasteiger partial charge in [-0.15, -0.1) is 23.7 Å². The minimum atomic E-state index is -0.850. The van der Waals surface area contributed by atoms with E-state index in [9.17, 15) is 4.79 Å². The van der Waals surface area contributed by atoms with Crippen molar-refractivity contribution in [3.63, 3.8) is 0 Å². The first-order valence-corrected chi connectivity index (χ1v) is 4.56. The van der Waals surface area contributed by atoms with Crippen molar-refractivity contribution in [3.8, 4) is 0 Å². The van der Waals surface area contributed by atoms with E-state index in [1.807, 2.05) is 6.07 Å². The fourth-order valence-corrected chi connectivity index (χ4v) is 1.79. The van der Waals surface area contributed by atoms with Gasteiger partial charge in [0.25, 0.3) is 0 Å². The van der Waals surface area contributed by atoms with E-state index >= 15 is 0 Å². The van der Waals surface area contributed by atoms with Crippen LogP contribution in [0.1, 0.15) is 14.5 Å². The summed E-state index contributed by atoms with van der Waals surface area (Å²) in [6.07, 6.45) is 0. The number of halogens is 2. The number of carboxylic acid groups (broad SMARTS) is 1. The molecular formula is C6H6BrClO2S. The number of hydrogen-bond donors (Lipinski definition) is 1. The average molecular weight is 258 g/mol. The second-order valence-corrected chi connectivity index (χ2v) is 3.43. The number of thiophene rings is 1. The molecule has 0 saturated carbocycles. The predicted octanol–water partition coefficient (Wildman–Crippen LogP) is 2.76. The zero-order valence-corrected chi connectivity index (χ0v) is 8.63. The smallest absolute Gasteiger partial charge is 0.345 e. The Hall–Kier alpha value is -0.0600. The highest BCUT2D eigenvalue weighted by Crippen LogP contribution is 2.18. The fourth-order valence-electron chi connectivity index (χ4n) is 0.565. The Labute approximate surface area is 82.8 Å². The van der Waals surface area contributed by atoms with Crippen LogP contribution in [0.15, 0.2) is 12.1 Å². The standard InChI is InChI=1S/C6H5BrO2S.ClH/c7-3-4-1-2-5(10-4)6(8)9;/h1-2H,3H2,(H,8,9);1H. The van der Waals surface area contributed by atoms with Crippen LogP contribution in [0.25, 0.3) is 0 Å². The third-order valence-corrected chi connectivity index (χ3v) is 3.05. The Morgan fingerprint density at radius 1 is 1.64 bits per heavy atom. The summed E-state index contributed by atoms with van der Waals surface area (Å²) in [7, 11) is 0. The van der Waals surface area contributed by atoms with Gasteiger partial charge in [-0.25, -0.2) is 4.79 Å². The zero-order chi connectivity index (χ0) is 7.56. The van der Waals surface area contributed by atoms with Crippen LogP contribution in [-0.4, -0.2) is 11.1 Å². The molecule has 0 aliphatic carbocycles. The molecule has 0 amide bonds. The molecule has 0 aliphatic rings. The summed E-state index contributed by atoms with van der Waals surface area (Å²) in [5.74, 6) is -0.850. The van der Waals surface area contributed by atoms with Gasteiger partial charge in [-0.2, -0.15) is 0 Å². The van der Waals surface area contributed by atoms with E-state index in [0.29, 0.717) is 4.88 Å².